The summed E-state index contributed by atoms with van der Waals surface area (Å²) < 4.78 is 0. The van der Waals surface area contributed by atoms with E-state index in [-0.39, 0.29) is 12.5 Å². The van der Waals surface area contributed by atoms with Gasteiger partial charge in [-0.05, 0) is 25.1 Å². The molecule has 0 heterocycles. The van der Waals surface area contributed by atoms with Crippen LogP contribution in [-0.4, -0.2) is 46.9 Å². The van der Waals surface area contributed by atoms with Crippen LogP contribution in [0.15, 0.2) is 54.6 Å². The molecule has 2 aromatic rings. The Kier molecular flexibility index (Phi) is 12.3. The van der Waals surface area contributed by atoms with E-state index in [1.807, 2.05) is 6.07 Å². The van der Waals surface area contributed by atoms with Crippen LogP contribution in [0.5, 0.6) is 0 Å². The number of rotatable bonds is 5. The zero-order valence-corrected chi connectivity index (χ0v) is 16.7. The SMILES string of the molecule is CC(=O)N(CC(=O)O)c1ccccc1.C[C@H](N)C(=O)O.O=Cc1ccccc1Cl. The van der Waals surface area contributed by atoms with Gasteiger partial charge in [-0.25, -0.2) is 0 Å². The summed E-state index contributed by atoms with van der Waals surface area (Å²) in [5.41, 5.74) is 5.98. The standard InChI is InChI=1S/C10H11NO3.C7H5ClO.C3H7NO2/c1-8(12)11(7-10(13)14)9-5-3-2-4-6-9;8-7-4-2-1-3-6(7)5-9;1-2(4)3(5)6/h2-6H,7H2,1H3,(H,13,14);1-5H;2H,4H2,1H3,(H,5,6)/t;;2-/m..0/s1. The maximum Gasteiger partial charge on any atom is 0.323 e. The second-order valence-electron chi connectivity index (χ2n) is 5.60. The van der Waals surface area contributed by atoms with Crippen LogP contribution < -0.4 is 10.6 Å². The molecule has 0 unspecified atom stereocenters. The number of nitrogens with zero attached hydrogens (tertiary/aromatic N) is 1. The molecule has 0 aromatic heterocycles. The van der Waals surface area contributed by atoms with E-state index in [1.54, 1.807) is 48.5 Å². The summed E-state index contributed by atoms with van der Waals surface area (Å²) in [6.07, 6.45) is 0.738. The second kappa shape index (κ2) is 13.9. The summed E-state index contributed by atoms with van der Waals surface area (Å²) in [6.45, 7) is 2.46. The van der Waals surface area contributed by atoms with Gasteiger partial charge >= 0.3 is 11.9 Å². The van der Waals surface area contributed by atoms with Crippen molar-refractivity contribution in [2.24, 2.45) is 5.73 Å². The lowest BCUT2D eigenvalue weighted by Gasteiger charge is -2.18. The maximum absolute atomic E-state index is 11.1. The molecule has 29 heavy (non-hydrogen) atoms. The molecule has 0 bridgehead atoms. The van der Waals surface area contributed by atoms with E-state index in [4.69, 9.17) is 27.5 Å². The van der Waals surface area contributed by atoms with Crippen LogP contribution in [0, 0.1) is 0 Å². The van der Waals surface area contributed by atoms with E-state index >= 15 is 0 Å². The Bertz CT molecular complexity index is 812. The minimum Gasteiger partial charge on any atom is -0.480 e. The van der Waals surface area contributed by atoms with E-state index in [9.17, 15) is 19.2 Å². The normalized spacial score (nSPS) is 10.2. The molecule has 0 aliphatic rings. The fraction of sp³-hybridized carbons (Fsp3) is 0.200. The van der Waals surface area contributed by atoms with Gasteiger partial charge in [0.15, 0.2) is 6.29 Å². The molecule has 0 saturated heterocycles. The first-order valence-electron chi connectivity index (χ1n) is 8.33. The van der Waals surface area contributed by atoms with Crippen LogP contribution in [-0.2, 0) is 14.4 Å². The van der Waals surface area contributed by atoms with Crippen molar-refractivity contribution in [1.82, 2.24) is 0 Å². The number of carbonyl (C=O) groups is 4. The summed E-state index contributed by atoms with van der Waals surface area (Å²) in [6, 6.07) is 14.9. The number of halogens is 1. The highest BCUT2D eigenvalue weighted by Gasteiger charge is 2.13. The lowest BCUT2D eigenvalue weighted by Crippen LogP contribution is -2.33. The Hall–Kier alpha value is -3.23. The van der Waals surface area contributed by atoms with Crippen LogP contribution >= 0.6 is 11.6 Å². The number of aldehydes is 1. The highest BCUT2D eigenvalue weighted by molar-refractivity contribution is 6.32. The molecule has 8 nitrogen and oxygen atoms in total. The third-order valence-electron chi connectivity index (χ3n) is 3.16. The maximum atomic E-state index is 11.1. The number of anilines is 1. The molecule has 2 aromatic carbocycles. The van der Waals surface area contributed by atoms with Gasteiger partial charge in [-0.3, -0.25) is 19.2 Å². The largest absolute Gasteiger partial charge is 0.480 e. The van der Waals surface area contributed by atoms with Crippen molar-refractivity contribution in [2.75, 3.05) is 11.4 Å². The monoisotopic (exact) mass is 422 g/mol. The molecule has 0 aliphatic carbocycles. The van der Waals surface area contributed by atoms with Gasteiger partial charge < -0.3 is 20.8 Å². The number of carboxylic acid groups (broad SMARTS) is 2. The van der Waals surface area contributed by atoms with Gasteiger partial charge in [0.05, 0.1) is 5.02 Å². The van der Waals surface area contributed by atoms with E-state index in [1.165, 1.54) is 18.7 Å². The molecule has 156 valence electrons. The molecule has 0 radical (unpaired) electrons. The van der Waals surface area contributed by atoms with Gasteiger partial charge in [0.1, 0.15) is 12.6 Å². The number of hydrogen-bond donors (Lipinski definition) is 3. The first-order chi connectivity index (χ1) is 13.6. The highest BCUT2D eigenvalue weighted by Crippen LogP contribution is 2.13. The van der Waals surface area contributed by atoms with Gasteiger partial charge in [0.25, 0.3) is 0 Å². The highest BCUT2D eigenvalue weighted by atomic mass is 35.5. The minimum atomic E-state index is -1.02. The molecule has 0 saturated carbocycles. The zero-order chi connectivity index (χ0) is 22.4. The van der Waals surface area contributed by atoms with Crippen LogP contribution in [0.4, 0.5) is 5.69 Å². The van der Waals surface area contributed by atoms with Crippen LogP contribution in [0.2, 0.25) is 5.02 Å². The topological polar surface area (TPSA) is 138 Å². The Morgan fingerprint density at radius 2 is 1.55 bits per heavy atom. The summed E-state index contributed by atoms with van der Waals surface area (Å²) in [7, 11) is 0. The lowest BCUT2D eigenvalue weighted by molar-refractivity contribution is -0.138. The van der Waals surface area contributed by atoms with Crippen LogP contribution in [0.25, 0.3) is 0 Å². The number of aliphatic carboxylic acids is 2. The van der Waals surface area contributed by atoms with Gasteiger partial charge in [-0.2, -0.15) is 0 Å². The lowest BCUT2D eigenvalue weighted by atomic mass is 10.2. The number of carboxylic acids is 2. The number of amides is 1. The molecule has 9 heteroatoms. The molecule has 0 spiro atoms. The number of para-hydroxylation sites is 1. The van der Waals surface area contributed by atoms with Crippen molar-refractivity contribution in [2.45, 2.75) is 19.9 Å². The van der Waals surface area contributed by atoms with Crippen LogP contribution in [0.1, 0.15) is 24.2 Å². The number of hydrogen-bond acceptors (Lipinski definition) is 5. The Morgan fingerprint density at radius 3 is 1.90 bits per heavy atom. The summed E-state index contributed by atoms with van der Waals surface area (Å²) in [4.78, 5) is 42.6. The Morgan fingerprint density at radius 1 is 1.07 bits per heavy atom. The molecule has 2 rings (SSSR count). The molecule has 1 atom stereocenters. The van der Waals surface area contributed by atoms with Crippen molar-refractivity contribution in [3.63, 3.8) is 0 Å². The first kappa shape index (κ1) is 25.8. The Balaban J connectivity index is 0.000000448. The van der Waals surface area contributed by atoms with E-state index < -0.39 is 18.0 Å². The minimum absolute atomic E-state index is 0.279. The van der Waals surface area contributed by atoms with Gasteiger partial charge in [0, 0.05) is 18.2 Å². The quantitative estimate of drug-likeness (QED) is 0.629. The van der Waals surface area contributed by atoms with Crippen molar-refractivity contribution < 1.29 is 29.4 Å². The molecule has 0 aliphatic heterocycles. The Labute approximate surface area is 173 Å². The van der Waals surface area contributed by atoms with E-state index in [0.717, 1.165) is 6.29 Å². The van der Waals surface area contributed by atoms with Gasteiger partial charge in [-0.1, -0.05) is 48.0 Å². The molecular weight excluding hydrogens is 400 g/mol. The first-order valence-corrected chi connectivity index (χ1v) is 8.71. The molecule has 0 fully saturated rings. The third kappa shape index (κ3) is 11.3. The third-order valence-corrected chi connectivity index (χ3v) is 3.51. The molecule has 1 amide bonds. The smallest absolute Gasteiger partial charge is 0.323 e. The molecule has 4 N–H and O–H groups in total. The molecular formula is C20H23ClN2O6. The summed E-state index contributed by atoms with van der Waals surface area (Å²) in [5.74, 6) is -2.27. The zero-order valence-electron chi connectivity index (χ0n) is 16.0. The van der Waals surface area contributed by atoms with Crippen molar-refractivity contribution in [1.29, 1.82) is 0 Å². The predicted molar refractivity (Wildman–Crippen MR) is 110 cm³/mol. The van der Waals surface area contributed by atoms with Gasteiger partial charge in [-0.15, -0.1) is 0 Å². The van der Waals surface area contributed by atoms with Crippen molar-refractivity contribution >= 4 is 41.4 Å². The second-order valence-corrected chi connectivity index (χ2v) is 6.01. The predicted octanol–water partition coefficient (Wildman–Crippen LogP) is 2.69. The number of nitrogens with two attached hydrogens (primary N) is 1. The van der Waals surface area contributed by atoms with Crippen molar-refractivity contribution in [3.8, 4) is 0 Å². The van der Waals surface area contributed by atoms with Crippen LogP contribution in [0.3, 0.4) is 0 Å². The average molecular weight is 423 g/mol. The average Bonchev–Trinajstić information content (AvgIpc) is 2.68. The van der Waals surface area contributed by atoms with E-state index in [0.29, 0.717) is 16.3 Å². The summed E-state index contributed by atoms with van der Waals surface area (Å²) in [5, 5.41) is 17.0. The number of benzene rings is 2. The van der Waals surface area contributed by atoms with E-state index in [2.05, 4.69) is 0 Å². The summed E-state index contributed by atoms with van der Waals surface area (Å²) >= 11 is 5.59. The fourth-order valence-corrected chi connectivity index (χ4v) is 1.88. The number of carbonyl (C=O) groups excluding carboxylic acids is 2. The fourth-order valence-electron chi connectivity index (χ4n) is 1.70. The van der Waals surface area contributed by atoms with Gasteiger partial charge in [0.2, 0.25) is 5.91 Å². The van der Waals surface area contributed by atoms with Crippen molar-refractivity contribution in [3.05, 3.63) is 65.2 Å².